The number of carbonyl (C=O) groups is 1. The number of halogens is 2. The minimum absolute atomic E-state index is 0.0242. The van der Waals surface area contributed by atoms with Crippen LogP contribution in [-0.4, -0.2) is 15.9 Å². The molecule has 1 aromatic heterocycles. The van der Waals surface area contributed by atoms with E-state index < -0.39 is 17.5 Å². The van der Waals surface area contributed by atoms with E-state index in [1.807, 2.05) is 0 Å². The van der Waals surface area contributed by atoms with E-state index in [-0.39, 0.29) is 11.4 Å². The van der Waals surface area contributed by atoms with Gasteiger partial charge >= 0.3 is 0 Å². The molecule has 0 unspecified atom stereocenters. The lowest BCUT2D eigenvalue weighted by Crippen LogP contribution is -2.15. The molecule has 1 aromatic carbocycles. The summed E-state index contributed by atoms with van der Waals surface area (Å²) in [6, 6.07) is 3.52. The van der Waals surface area contributed by atoms with E-state index in [1.165, 1.54) is 30.7 Å². The Morgan fingerprint density at radius 2 is 2.06 bits per heavy atom. The second-order valence-corrected chi connectivity index (χ2v) is 3.15. The number of carbonyl (C=O) groups excluding carboxylic acids is 1. The lowest BCUT2D eigenvalue weighted by molar-refractivity contribution is 0.102. The van der Waals surface area contributed by atoms with Crippen LogP contribution in [0.4, 0.5) is 14.5 Å². The van der Waals surface area contributed by atoms with Gasteiger partial charge in [-0.25, -0.2) is 13.8 Å². The minimum atomic E-state index is -1.11. The number of hydrogen-bond acceptors (Lipinski definition) is 3. The molecule has 0 aliphatic rings. The zero-order chi connectivity index (χ0) is 12.3. The number of nitrogens with zero attached hydrogens (tertiary/aromatic N) is 2. The van der Waals surface area contributed by atoms with E-state index in [1.54, 1.807) is 0 Å². The predicted octanol–water partition coefficient (Wildman–Crippen LogP) is 2.01. The maximum absolute atomic E-state index is 13.3. The summed E-state index contributed by atoms with van der Waals surface area (Å²) in [4.78, 5) is 19.0. The Bertz CT molecular complexity index is 546. The van der Waals surface area contributed by atoms with Crippen LogP contribution in [0.5, 0.6) is 0 Å². The Hall–Kier alpha value is -2.37. The van der Waals surface area contributed by atoms with Crippen LogP contribution in [0.15, 0.2) is 36.8 Å². The largest absolute Gasteiger partial charge is 0.318 e. The molecule has 0 saturated heterocycles. The summed E-state index contributed by atoms with van der Waals surface area (Å²) in [5.74, 6) is -2.78. The molecule has 17 heavy (non-hydrogen) atoms. The van der Waals surface area contributed by atoms with E-state index in [0.29, 0.717) is 0 Å². The van der Waals surface area contributed by atoms with Crippen LogP contribution >= 0.6 is 0 Å². The van der Waals surface area contributed by atoms with Crippen molar-refractivity contribution in [3.8, 4) is 0 Å². The fraction of sp³-hybridized carbons (Fsp3) is 0. The summed E-state index contributed by atoms with van der Waals surface area (Å²) < 4.78 is 26.1. The van der Waals surface area contributed by atoms with Crippen molar-refractivity contribution in [3.05, 3.63) is 54.1 Å². The van der Waals surface area contributed by atoms with Gasteiger partial charge in [0.1, 0.15) is 5.69 Å². The summed E-state index contributed by atoms with van der Waals surface area (Å²) >= 11 is 0. The Morgan fingerprint density at radius 1 is 1.24 bits per heavy atom. The van der Waals surface area contributed by atoms with Crippen molar-refractivity contribution in [2.75, 3.05) is 5.32 Å². The molecule has 6 heteroatoms. The van der Waals surface area contributed by atoms with Gasteiger partial charge in [0.25, 0.3) is 5.91 Å². The van der Waals surface area contributed by atoms with Crippen molar-refractivity contribution < 1.29 is 13.6 Å². The third-order valence-electron chi connectivity index (χ3n) is 2.00. The second kappa shape index (κ2) is 4.65. The normalized spacial score (nSPS) is 10.0. The number of nitrogens with one attached hydrogen (secondary N) is 1. The van der Waals surface area contributed by atoms with Gasteiger partial charge in [0.15, 0.2) is 11.6 Å². The molecular formula is C11H7F2N3O. The maximum atomic E-state index is 13.3. The third-order valence-corrected chi connectivity index (χ3v) is 2.00. The van der Waals surface area contributed by atoms with Crippen molar-refractivity contribution in [2.45, 2.75) is 0 Å². The predicted molar refractivity (Wildman–Crippen MR) is 56.3 cm³/mol. The average molecular weight is 235 g/mol. The molecular weight excluding hydrogens is 228 g/mol. The topological polar surface area (TPSA) is 54.9 Å². The first kappa shape index (κ1) is 11.1. The molecule has 1 N–H and O–H groups in total. The zero-order valence-corrected chi connectivity index (χ0v) is 8.52. The van der Waals surface area contributed by atoms with Crippen molar-refractivity contribution >= 4 is 11.6 Å². The van der Waals surface area contributed by atoms with Gasteiger partial charge in [-0.05, 0) is 12.1 Å². The number of anilines is 1. The SMILES string of the molecule is O=C(Nc1cccc(F)c1F)c1cnccn1. The van der Waals surface area contributed by atoms with Crippen LogP contribution in [0, 0.1) is 11.6 Å². The summed E-state index contributed by atoms with van der Waals surface area (Å²) in [6.45, 7) is 0. The van der Waals surface area contributed by atoms with E-state index in [4.69, 9.17) is 0 Å². The first-order valence-corrected chi connectivity index (χ1v) is 4.70. The lowest BCUT2D eigenvalue weighted by Gasteiger charge is -2.05. The Morgan fingerprint density at radius 3 is 2.76 bits per heavy atom. The molecule has 0 aliphatic carbocycles. The third kappa shape index (κ3) is 2.41. The number of rotatable bonds is 2. The highest BCUT2D eigenvalue weighted by Crippen LogP contribution is 2.16. The fourth-order valence-corrected chi connectivity index (χ4v) is 1.20. The van der Waals surface area contributed by atoms with E-state index in [0.717, 1.165) is 6.07 Å². The number of aromatic nitrogens is 2. The first-order chi connectivity index (χ1) is 8.18. The molecule has 0 saturated carbocycles. The van der Waals surface area contributed by atoms with Gasteiger partial charge < -0.3 is 5.32 Å². The Labute approximate surface area is 95.3 Å². The highest BCUT2D eigenvalue weighted by Gasteiger charge is 2.12. The number of benzene rings is 1. The highest BCUT2D eigenvalue weighted by molar-refractivity contribution is 6.02. The molecule has 4 nitrogen and oxygen atoms in total. The summed E-state index contributed by atoms with van der Waals surface area (Å²) in [5, 5.41) is 2.21. The van der Waals surface area contributed by atoms with Gasteiger partial charge in [-0.1, -0.05) is 6.07 Å². The van der Waals surface area contributed by atoms with Gasteiger partial charge in [0.2, 0.25) is 0 Å². The van der Waals surface area contributed by atoms with Crippen LogP contribution in [0.25, 0.3) is 0 Å². The van der Waals surface area contributed by atoms with E-state index >= 15 is 0 Å². The lowest BCUT2D eigenvalue weighted by atomic mass is 10.3. The van der Waals surface area contributed by atoms with Crippen molar-refractivity contribution in [1.29, 1.82) is 0 Å². The average Bonchev–Trinajstić information content (AvgIpc) is 2.36. The van der Waals surface area contributed by atoms with E-state index in [9.17, 15) is 13.6 Å². The van der Waals surface area contributed by atoms with Gasteiger partial charge in [0, 0.05) is 12.4 Å². The number of amides is 1. The molecule has 0 bridgehead atoms. The molecule has 1 amide bonds. The fourth-order valence-electron chi connectivity index (χ4n) is 1.20. The summed E-state index contributed by atoms with van der Waals surface area (Å²) in [6.07, 6.45) is 3.96. The summed E-state index contributed by atoms with van der Waals surface area (Å²) in [5.41, 5.74) is -0.211. The second-order valence-electron chi connectivity index (χ2n) is 3.15. The van der Waals surface area contributed by atoms with Crippen molar-refractivity contribution in [2.24, 2.45) is 0 Å². The van der Waals surface area contributed by atoms with Crippen LogP contribution < -0.4 is 5.32 Å². The van der Waals surface area contributed by atoms with E-state index in [2.05, 4.69) is 15.3 Å². The van der Waals surface area contributed by atoms with Gasteiger partial charge in [-0.15, -0.1) is 0 Å². The monoisotopic (exact) mass is 235 g/mol. The van der Waals surface area contributed by atoms with Crippen LogP contribution in [-0.2, 0) is 0 Å². The van der Waals surface area contributed by atoms with Gasteiger partial charge in [-0.2, -0.15) is 0 Å². The Balaban J connectivity index is 2.22. The molecule has 1 heterocycles. The van der Waals surface area contributed by atoms with Crippen LogP contribution in [0.3, 0.4) is 0 Å². The quantitative estimate of drug-likeness (QED) is 0.866. The molecule has 0 atom stereocenters. The molecule has 0 radical (unpaired) electrons. The minimum Gasteiger partial charge on any atom is -0.318 e. The molecule has 86 valence electrons. The standard InChI is InChI=1S/C11H7F2N3O/c12-7-2-1-3-8(10(7)13)16-11(17)9-6-14-4-5-15-9/h1-6H,(H,16,17). The zero-order valence-electron chi connectivity index (χ0n) is 8.52. The smallest absolute Gasteiger partial charge is 0.275 e. The molecule has 0 spiro atoms. The molecule has 0 fully saturated rings. The molecule has 0 aliphatic heterocycles. The van der Waals surface area contributed by atoms with Gasteiger partial charge in [0.05, 0.1) is 11.9 Å². The van der Waals surface area contributed by atoms with Crippen LogP contribution in [0.1, 0.15) is 10.5 Å². The summed E-state index contributed by atoms with van der Waals surface area (Å²) in [7, 11) is 0. The first-order valence-electron chi connectivity index (χ1n) is 4.70. The van der Waals surface area contributed by atoms with Gasteiger partial charge in [-0.3, -0.25) is 9.78 Å². The van der Waals surface area contributed by atoms with Crippen molar-refractivity contribution in [3.63, 3.8) is 0 Å². The highest BCUT2D eigenvalue weighted by atomic mass is 19.2. The number of hydrogen-bond donors (Lipinski definition) is 1. The Kier molecular flexibility index (Phi) is 3.04. The van der Waals surface area contributed by atoms with Crippen LogP contribution in [0.2, 0.25) is 0 Å². The maximum Gasteiger partial charge on any atom is 0.275 e. The molecule has 2 aromatic rings. The van der Waals surface area contributed by atoms with Crippen molar-refractivity contribution in [1.82, 2.24) is 9.97 Å². The molecule has 2 rings (SSSR count).